The molecular weight excluding hydrogens is 290 g/mol. The average molecular weight is 317 g/mol. The highest BCUT2D eigenvalue weighted by Gasteiger charge is 2.45. The minimum Gasteiger partial charge on any atom is -0.459 e. The van der Waals surface area contributed by atoms with E-state index in [1.807, 2.05) is 57.2 Å². The van der Waals surface area contributed by atoms with E-state index >= 15 is 0 Å². The van der Waals surface area contributed by atoms with Crippen molar-refractivity contribution in [3.63, 3.8) is 0 Å². The summed E-state index contributed by atoms with van der Waals surface area (Å²) in [5.74, 6) is 0.00687. The van der Waals surface area contributed by atoms with E-state index < -0.39 is 5.60 Å². The van der Waals surface area contributed by atoms with Crippen molar-refractivity contribution in [2.24, 2.45) is 5.92 Å². The van der Waals surface area contributed by atoms with Crippen molar-refractivity contribution in [1.82, 2.24) is 4.90 Å². The van der Waals surface area contributed by atoms with Gasteiger partial charge in [-0.2, -0.15) is 0 Å². The van der Waals surface area contributed by atoms with Crippen molar-refractivity contribution in [1.29, 1.82) is 0 Å². The third-order valence-corrected chi connectivity index (χ3v) is 3.76. The summed E-state index contributed by atoms with van der Waals surface area (Å²) in [4.78, 5) is 14.5. The van der Waals surface area contributed by atoms with Gasteiger partial charge in [0.25, 0.3) is 0 Å². The number of likely N-dealkylation sites (tertiary alicyclic amines) is 1. The fraction of sp³-hybridized carbons (Fsp3) is 0.526. The molecule has 1 saturated heterocycles. The molecule has 1 fully saturated rings. The lowest BCUT2D eigenvalue weighted by Gasteiger charge is -2.46. The highest BCUT2D eigenvalue weighted by atomic mass is 16.6. The fourth-order valence-corrected chi connectivity index (χ4v) is 2.78. The molecule has 23 heavy (non-hydrogen) atoms. The monoisotopic (exact) mass is 317 g/mol. The normalized spacial score (nSPS) is 21.5. The highest BCUT2D eigenvalue weighted by Crippen LogP contribution is 2.28. The van der Waals surface area contributed by atoms with Gasteiger partial charge in [-0.25, -0.2) is 0 Å². The summed E-state index contributed by atoms with van der Waals surface area (Å²) >= 11 is 0. The molecule has 2 rings (SSSR count). The number of carbonyl (C=O) groups excluding carboxylic acids is 1. The van der Waals surface area contributed by atoms with Gasteiger partial charge in [0.05, 0.1) is 13.2 Å². The Labute approximate surface area is 139 Å². The first kappa shape index (κ1) is 17.7. The van der Waals surface area contributed by atoms with Crippen LogP contribution in [0.5, 0.6) is 0 Å². The highest BCUT2D eigenvalue weighted by molar-refractivity contribution is 5.78. The van der Waals surface area contributed by atoms with Crippen molar-refractivity contribution in [3.8, 4) is 0 Å². The molecule has 0 N–H and O–H groups in total. The van der Waals surface area contributed by atoms with E-state index in [2.05, 4.69) is 11.5 Å². The van der Waals surface area contributed by atoms with Crippen LogP contribution in [0.3, 0.4) is 0 Å². The molecule has 0 spiro atoms. The van der Waals surface area contributed by atoms with Crippen LogP contribution < -0.4 is 0 Å². The number of ether oxygens (including phenoxy) is 2. The molecule has 1 unspecified atom stereocenters. The van der Waals surface area contributed by atoms with Crippen LogP contribution in [0.15, 0.2) is 43.0 Å². The molecule has 1 aromatic rings. The summed E-state index contributed by atoms with van der Waals surface area (Å²) in [7, 11) is 0. The van der Waals surface area contributed by atoms with Crippen molar-refractivity contribution < 1.29 is 14.3 Å². The summed E-state index contributed by atoms with van der Waals surface area (Å²) in [6, 6.07) is 9.82. The molecule has 0 amide bonds. The number of benzene rings is 1. The maximum Gasteiger partial charge on any atom is 0.324 e. The second kappa shape index (κ2) is 7.75. The predicted molar refractivity (Wildman–Crippen MR) is 91.0 cm³/mol. The summed E-state index contributed by atoms with van der Waals surface area (Å²) < 4.78 is 11.3. The van der Waals surface area contributed by atoms with E-state index in [1.165, 1.54) is 0 Å². The minimum atomic E-state index is -0.470. The van der Waals surface area contributed by atoms with E-state index in [0.29, 0.717) is 19.8 Å². The lowest BCUT2D eigenvalue weighted by Crippen LogP contribution is -2.62. The van der Waals surface area contributed by atoms with Crippen molar-refractivity contribution in [3.05, 3.63) is 48.6 Å². The lowest BCUT2D eigenvalue weighted by molar-refractivity contribution is -0.173. The Morgan fingerprint density at radius 1 is 1.35 bits per heavy atom. The predicted octanol–water partition coefficient (Wildman–Crippen LogP) is 3.03. The van der Waals surface area contributed by atoms with E-state index in [0.717, 1.165) is 12.1 Å². The van der Waals surface area contributed by atoms with Crippen LogP contribution in [-0.2, 0) is 20.9 Å². The first-order valence-corrected chi connectivity index (χ1v) is 8.10. The molecular formula is C19H27NO3. The number of rotatable bonds is 7. The van der Waals surface area contributed by atoms with Gasteiger partial charge in [-0.3, -0.25) is 9.69 Å². The molecule has 1 aliphatic rings. The zero-order valence-corrected chi connectivity index (χ0v) is 14.3. The number of hydrogen-bond donors (Lipinski definition) is 0. The number of carbonyl (C=O) groups is 1. The van der Waals surface area contributed by atoms with Gasteiger partial charge in [0.15, 0.2) is 0 Å². The first-order chi connectivity index (χ1) is 10.9. The average Bonchev–Trinajstić information content (AvgIpc) is 2.44. The van der Waals surface area contributed by atoms with Gasteiger partial charge >= 0.3 is 5.97 Å². The number of hydrogen-bond acceptors (Lipinski definition) is 4. The van der Waals surface area contributed by atoms with Gasteiger partial charge in [-0.15, -0.1) is 6.58 Å². The Bertz CT molecular complexity index is 521. The summed E-state index contributed by atoms with van der Waals surface area (Å²) in [5.41, 5.74) is 0.672. The molecule has 0 radical (unpaired) electrons. The van der Waals surface area contributed by atoms with Crippen LogP contribution in [0.2, 0.25) is 0 Å². The molecule has 4 heteroatoms. The lowest BCUT2D eigenvalue weighted by atomic mass is 9.89. The van der Waals surface area contributed by atoms with Gasteiger partial charge in [0.2, 0.25) is 0 Å². The van der Waals surface area contributed by atoms with E-state index in [1.54, 1.807) is 0 Å². The van der Waals surface area contributed by atoms with Crippen LogP contribution in [0.4, 0.5) is 0 Å². The van der Waals surface area contributed by atoms with Gasteiger partial charge < -0.3 is 9.47 Å². The second-order valence-electron chi connectivity index (χ2n) is 6.98. The molecule has 4 nitrogen and oxygen atoms in total. The summed E-state index contributed by atoms with van der Waals surface area (Å²) in [6.45, 7) is 12.1. The number of nitrogens with zero attached hydrogens (tertiary/aromatic N) is 1. The van der Waals surface area contributed by atoms with Crippen LogP contribution in [0.25, 0.3) is 0 Å². The van der Waals surface area contributed by atoms with Gasteiger partial charge in [0.1, 0.15) is 11.6 Å². The largest absolute Gasteiger partial charge is 0.459 e. The number of esters is 1. The molecule has 1 aliphatic heterocycles. The molecule has 0 saturated carbocycles. The standard InChI is InChI=1S/C19H27NO3/c1-5-11-20-12-16(17(20)18(21)23-19(2,3)4)14-22-13-15-9-7-6-8-10-15/h5-10,16-17H,1,11-14H2,2-4H3/t16-,17?/m1/s1. The minimum absolute atomic E-state index is 0.168. The van der Waals surface area contributed by atoms with Crippen molar-refractivity contribution in [2.45, 2.75) is 39.0 Å². The van der Waals surface area contributed by atoms with Crippen LogP contribution in [-0.4, -0.2) is 42.2 Å². The van der Waals surface area contributed by atoms with Crippen LogP contribution in [0, 0.1) is 5.92 Å². The quantitative estimate of drug-likeness (QED) is 0.572. The maximum atomic E-state index is 12.4. The Kier molecular flexibility index (Phi) is 5.97. The fourth-order valence-electron chi connectivity index (χ4n) is 2.78. The Hall–Kier alpha value is -1.65. The summed E-state index contributed by atoms with van der Waals surface area (Å²) in [5, 5.41) is 0. The zero-order valence-electron chi connectivity index (χ0n) is 14.3. The van der Waals surface area contributed by atoms with Crippen LogP contribution >= 0.6 is 0 Å². The van der Waals surface area contributed by atoms with E-state index in [9.17, 15) is 4.79 Å². The van der Waals surface area contributed by atoms with Gasteiger partial charge in [0, 0.05) is 19.0 Å². The third-order valence-electron chi connectivity index (χ3n) is 3.76. The Morgan fingerprint density at radius 2 is 2.04 bits per heavy atom. The van der Waals surface area contributed by atoms with Crippen molar-refractivity contribution >= 4 is 5.97 Å². The third kappa shape index (κ3) is 5.19. The molecule has 0 aromatic heterocycles. The van der Waals surface area contributed by atoms with Crippen LogP contribution in [0.1, 0.15) is 26.3 Å². The van der Waals surface area contributed by atoms with Gasteiger partial charge in [-0.1, -0.05) is 36.4 Å². The second-order valence-corrected chi connectivity index (χ2v) is 6.98. The molecule has 126 valence electrons. The van der Waals surface area contributed by atoms with Crippen molar-refractivity contribution in [2.75, 3.05) is 19.7 Å². The molecule has 1 aromatic carbocycles. The SMILES string of the molecule is C=CCN1C[C@H](COCc2ccccc2)C1C(=O)OC(C)(C)C. The molecule has 0 bridgehead atoms. The Balaban J connectivity index is 1.87. The van der Waals surface area contributed by atoms with E-state index in [4.69, 9.17) is 9.47 Å². The molecule has 2 atom stereocenters. The summed E-state index contributed by atoms with van der Waals surface area (Å²) in [6.07, 6.45) is 1.82. The molecule has 0 aliphatic carbocycles. The molecule has 1 heterocycles. The maximum absolute atomic E-state index is 12.4. The Morgan fingerprint density at radius 3 is 2.65 bits per heavy atom. The first-order valence-electron chi connectivity index (χ1n) is 8.10. The topological polar surface area (TPSA) is 38.8 Å². The van der Waals surface area contributed by atoms with Gasteiger partial charge in [-0.05, 0) is 26.3 Å². The zero-order chi connectivity index (χ0) is 16.9. The van der Waals surface area contributed by atoms with E-state index in [-0.39, 0.29) is 17.9 Å². The smallest absolute Gasteiger partial charge is 0.324 e.